The predicted molar refractivity (Wildman–Crippen MR) is 122 cm³/mol. The van der Waals surface area contributed by atoms with E-state index in [1.807, 2.05) is 49.4 Å². The van der Waals surface area contributed by atoms with Crippen molar-refractivity contribution >= 4 is 23.6 Å². The van der Waals surface area contributed by atoms with Crippen LogP contribution in [0.3, 0.4) is 0 Å². The summed E-state index contributed by atoms with van der Waals surface area (Å²) >= 11 is 5.83. The summed E-state index contributed by atoms with van der Waals surface area (Å²) in [5.74, 6) is 1.43. The fraction of sp³-hybridized carbons (Fsp3) is 0.250. The van der Waals surface area contributed by atoms with E-state index >= 15 is 0 Å². The van der Waals surface area contributed by atoms with Crippen molar-refractivity contribution in [1.82, 2.24) is 15.1 Å². The number of nitrogens with one attached hydrogen (secondary N) is 1. The second-order valence-electron chi connectivity index (χ2n) is 7.02. The Labute approximate surface area is 187 Å². The van der Waals surface area contributed by atoms with E-state index in [1.165, 1.54) is 6.08 Å². The van der Waals surface area contributed by atoms with Crippen molar-refractivity contribution in [2.75, 3.05) is 13.7 Å². The van der Waals surface area contributed by atoms with Gasteiger partial charge < -0.3 is 14.8 Å². The molecule has 0 aliphatic heterocycles. The fourth-order valence-electron chi connectivity index (χ4n) is 3.03. The van der Waals surface area contributed by atoms with Crippen LogP contribution in [0.5, 0.6) is 11.5 Å². The highest BCUT2D eigenvalue weighted by atomic mass is 35.5. The van der Waals surface area contributed by atoms with Gasteiger partial charge in [0.15, 0.2) is 0 Å². The third-order valence-electron chi connectivity index (χ3n) is 4.67. The summed E-state index contributed by atoms with van der Waals surface area (Å²) < 4.78 is 13.2. The SMILES string of the molecule is COc1ccc(/C=C/C(=O)NCCCn2cc(Cl)cn2)cc1COc1ccccc1C. The molecule has 1 heterocycles. The quantitative estimate of drug-likeness (QED) is 0.369. The number of carbonyl (C=O) groups is 1. The molecule has 0 unspecified atom stereocenters. The van der Waals surface area contributed by atoms with Gasteiger partial charge in [0.1, 0.15) is 18.1 Å². The lowest BCUT2D eigenvalue weighted by molar-refractivity contribution is -0.116. The van der Waals surface area contributed by atoms with E-state index < -0.39 is 0 Å². The van der Waals surface area contributed by atoms with Crippen LogP contribution in [0.2, 0.25) is 5.02 Å². The van der Waals surface area contributed by atoms with Crippen molar-refractivity contribution < 1.29 is 14.3 Å². The Morgan fingerprint density at radius 2 is 2.06 bits per heavy atom. The molecule has 7 heteroatoms. The van der Waals surface area contributed by atoms with Gasteiger partial charge in [0, 0.05) is 30.9 Å². The molecule has 1 amide bonds. The maximum Gasteiger partial charge on any atom is 0.244 e. The van der Waals surface area contributed by atoms with E-state index in [2.05, 4.69) is 10.4 Å². The van der Waals surface area contributed by atoms with Crippen LogP contribution in [-0.2, 0) is 17.9 Å². The average molecular weight is 440 g/mol. The predicted octanol–water partition coefficient (Wildman–Crippen LogP) is 4.65. The Kier molecular flexibility index (Phi) is 8.12. The molecule has 0 fully saturated rings. The molecule has 0 saturated heterocycles. The maximum absolute atomic E-state index is 12.1. The third kappa shape index (κ3) is 6.89. The topological polar surface area (TPSA) is 65.4 Å². The Bertz CT molecular complexity index is 1050. The first kappa shape index (κ1) is 22.4. The van der Waals surface area contributed by atoms with Crippen molar-refractivity contribution in [2.24, 2.45) is 0 Å². The van der Waals surface area contributed by atoms with E-state index in [9.17, 15) is 4.79 Å². The first-order valence-electron chi connectivity index (χ1n) is 10.0. The molecule has 0 bridgehead atoms. The summed E-state index contributed by atoms with van der Waals surface area (Å²) in [6, 6.07) is 13.6. The van der Waals surface area contributed by atoms with Crippen LogP contribution in [0.1, 0.15) is 23.1 Å². The summed E-state index contributed by atoms with van der Waals surface area (Å²) in [5.41, 5.74) is 2.88. The number of halogens is 1. The fourth-order valence-corrected chi connectivity index (χ4v) is 3.19. The molecule has 0 aliphatic rings. The van der Waals surface area contributed by atoms with Crippen molar-refractivity contribution in [1.29, 1.82) is 0 Å². The van der Waals surface area contributed by atoms with Crippen molar-refractivity contribution in [2.45, 2.75) is 26.5 Å². The highest BCUT2D eigenvalue weighted by molar-refractivity contribution is 6.30. The normalized spacial score (nSPS) is 10.9. The largest absolute Gasteiger partial charge is 0.496 e. The number of hydrogen-bond acceptors (Lipinski definition) is 4. The van der Waals surface area contributed by atoms with E-state index in [0.29, 0.717) is 24.7 Å². The molecule has 31 heavy (non-hydrogen) atoms. The molecule has 0 spiro atoms. The van der Waals surface area contributed by atoms with E-state index in [-0.39, 0.29) is 5.91 Å². The molecule has 0 radical (unpaired) electrons. The molecule has 1 aromatic heterocycles. The second-order valence-corrected chi connectivity index (χ2v) is 7.46. The second kappa shape index (κ2) is 11.2. The molecule has 0 saturated carbocycles. The smallest absolute Gasteiger partial charge is 0.244 e. The number of para-hydroxylation sites is 1. The maximum atomic E-state index is 12.1. The monoisotopic (exact) mass is 439 g/mol. The molecular formula is C24H26ClN3O3. The Hall–Kier alpha value is -3.25. The van der Waals surface area contributed by atoms with Gasteiger partial charge >= 0.3 is 0 Å². The zero-order valence-electron chi connectivity index (χ0n) is 17.7. The first-order valence-corrected chi connectivity index (χ1v) is 10.4. The zero-order chi connectivity index (χ0) is 22.1. The molecule has 0 atom stereocenters. The highest BCUT2D eigenvalue weighted by Crippen LogP contribution is 2.24. The number of hydrogen-bond donors (Lipinski definition) is 1. The summed E-state index contributed by atoms with van der Waals surface area (Å²) in [5, 5.41) is 7.58. The molecule has 3 aromatic rings. The number of rotatable bonds is 10. The summed E-state index contributed by atoms with van der Waals surface area (Å²) in [4.78, 5) is 12.1. The van der Waals surface area contributed by atoms with Crippen molar-refractivity contribution in [3.05, 3.63) is 82.6 Å². The minimum Gasteiger partial charge on any atom is -0.496 e. The first-order chi connectivity index (χ1) is 15.0. The molecule has 6 nitrogen and oxygen atoms in total. The molecule has 2 aromatic carbocycles. The van der Waals surface area contributed by atoms with Gasteiger partial charge in [0.2, 0.25) is 5.91 Å². The van der Waals surface area contributed by atoms with Gasteiger partial charge in [-0.15, -0.1) is 0 Å². The number of aromatic nitrogens is 2. The summed E-state index contributed by atoms with van der Waals surface area (Å²) in [7, 11) is 1.63. The molecule has 1 N–H and O–H groups in total. The van der Waals surface area contributed by atoms with Crippen LogP contribution in [0.4, 0.5) is 0 Å². The van der Waals surface area contributed by atoms with Gasteiger partial charge in [0.25, 0.3) is 0 Å². The number of methoxy groups -OCH3 is 1. The van der Waals surface area contributed by atoms with Crippen LogP contribution >= 0.6 is 11.6 Å². The van der Waals surface area contributed by atoms with Gasteiger partial charge in [-0.25, -0.2) is 0 Å². The molecule has 0 aliphatic carbocycles. The number of benzene rings is 2. The van der Waals surface area contributed by atoms with Crippen LogP contribution in [-0.4, -0.2) is 29.3 Å². The van der Waals surface area contributed by atoms with Crippen LogP contribution in [0.15, 0.2) is 60.9 Å². The third-order valence-corrected chi connectivity index (χ3v) is 4.87. The summed E-state index contributed by atoms with van der Waals surface area (Å²) in [6.45, 7) is 3.63. The Balaban J connectivity index is 1.52. The van der Waals surface area contributed by atoms with Gasteiger partial charge in [-0.05, 0) is 48.7 Å². The van der Waals surface area contributed by atoms with Gasteiger partial charge in [-0.2, -0.15) is 5.10 Å². The zero-order valence-corrected chi connectivity index (χ0v) is 18.4. The minimum atomic E-state index is -0.146. The lowest BCUT2D eigenvalue weighted by atomic mass is 10.1. The summed E-state index contributed by atoms with van der Waals surface area (Å²) in [6.07, 6.45) is 7.42. The molecule has 162 valence electrons. The van der Waals surface area contributed by atoms with Crippen LogP contribution in [0, 0.1) is 6.92 Å². The average Bonchev–Trinajstić information content (AvgIpc) is 3.19. The lowest BCUT2D eigenvalue weighted by Crippen LogP contribution is -2.23. The van der Waals surface area contributed by atoms with E-state index in [1.54, 1.807) is 30.3 Å². The van der Waals surface area contributed by atoms with Crippen molar-refractivity contribution in [3.8, 4) is 11.5 Å². The number of amides is 1. The number of ether oxygens (including phenoxy) is 2. The van der Waals surface area contributed by atoms with Crippen LogP contribution in [0.25, 0.3) is 6.08 Å². The van der Waals surface area contributed by atoms with Gasteiger partial charge in [-0.3, -0.25) is 9.48 Å². The van der Waals surface area contributed by atoms with Gasteiger partial charge in [-0.1, -0.05) is 35.9 Å². The van der Waals surface area contributed by atoms with E-state index in [4.69, 9.17) is 21.1 Å². The standard InChI is InChI=1S/C24H26ClN3O3/c1-18-6-3-4-7-22(18)31-17-20-14-19(8-10-23(20)30-2)9-11-24(29)26-12-5-13-28-16-21(25)15-27-28/h3-4,6-11,14-16H,5,12-13,17H2,1-2H3,(H,26,29)/b11-9+. The lowest BCUT2D eigenvalue weighted by Gasteiger charge is -2.12. The Morgan fingerprint density at radius 1 is 1.23 bits per heavy atom. The molecular weight excluding hydrogens is 414 g/mol. The Morgan fingerprint density at radius 3 is 2.81 bits per heavy atom. The minimum absolute atomic E-state index is 0.146. The van der Waals surface area contributed by atoms with E-state index in [0.717, 1.165) is 34.6 Å². The number of aryl methyl sites for hydroxylation is 2. The van der Waals surface area contributed by atoms with Crippen LogP contribution < -0.4 is 14.8 Å². The molecule has 3 rings (SSSR count). The van der Waals surface area contributed by atoms with Crippen molar-refractivity contribution in [3.63, 3.8) is 0 Å². The van der Waals surface area contributed by atoms with Gasteiger partial charge in [0.05, 0.1) is 18.3 Å². The number of carbonyl (C=O) groups excluding carboxylic acids is 1. The highest BCUT2D eigenvalue weighted by Gasteiger charge is 2.06. The number of nitrogens with zero attached hydrogens (tertiary/aromatic N) is 2.